The fourth-order valence-electron chi connectivity index (χ4n) is 2.43. The highest BCUT2D eigenvalue weighted by Crippen LogP contribution is 2.26. The van der Waals surface area contributed by atoms with Crippen molar-refractivity contribution in [3.05, 3.63) is 53.0 Å². The van der Waals surface area contributed by atoms with E-state index < -0.39 is 11.6 Å². The molecule has 6 heteroatoms. The first kappa shape index (κ1) is 12.5. The summed E-state index contributed by atoms with van der Waals surface area (Å²) in [6, 6.07) is 4.20. The minimum atomic E-state index is -0.595. The van der Waals surface area contributed by atoms with Crippen molar-refractivity contribution in [1.29, 1.82) is 5.26 Å². The number of rotatable bonds is 1. The highest BCUT2D eigenvalue weighted by atomic mass is 19.1. The van der Waals surface area contributed by atoms with Gasteiger partial charge < -0.3 is 4.90 Å². The SMILES string of the molecule is N#Cc1nccnc1N1CCc2c(F)cc(F)cc2C1. The van der Waals surface area contributed by atoms with Gasteiger partial charge in [0, 0.05) is 31.5 Å². The van der Waals surface area contributed by atoms with Crippen LogP contribution in [-0.4, -0.2) is 16.5 Å². The minimum Gasteiger partial charge on any atom is -0.350 e. The average molecular weight is 272 g/mol. The van der Waals surface area contributed by atoms with Crippen molar-refractivity contribution in [1.82, 2.24) is 9.97 Å². The molecule has 1 aliphatic rings. The van der Waals surface area contributed by atoms with E-state index in [0.717, 1.165) is 6.07 Å². The molecule has 4 nitrogen and oxygen atoms in total. The number of fused-ring (bicyclic) bond motifs is 1. The van der Waals surface area contributed by atoms with Crippen LogP contribution in [0.3, 0.4) is 0 Å². The Kier molecular flexibility index (Phi) is 3.03. The van der Waals surface area contributed by atoms with Gasteiger partial charge in [0.2, 0.25) is 0 Å². The van der Waals surface area contributed by atoms with Gasteiger partial charge in [-0.15, -0.1) is 0 Å². The summed E-state index contributed by atoms with van der Waals surface area (Å²) >= 11 is 0. The van der Waals surface area contributed by atoms with Crippen LogP contribution in [0.15, 0.2) is 24.5 Å². The average Bonchev–Trinajstić information content (AvgIpc) is 2.46. The van der Waals surface area contributed by atoms with E-state index in [-0.39, 0.29) is 5.69 Å². The molecule has 0 aliphatic carbocycles. The van der Waals surface area contributed by atoms with Crippen molar-refractivity contribution in [3.63, 3.8) is 0 Å². The number of hydrogen-bond donors (Lipinski definition) is 0. The van der Waals surface area contributed by atoms with Gasteiger partial charge in [0.25, 0.3) is 0 Å². The van der Waals surface area contributed by atoms with E-state index in [4.69, 9.17) is 5.26 Å². The Morgan fingerprint density at radius 1 is 1.20 bits per heavy atom. The van der Waals surface area contributed by atoms with Gasteiger partial charge in [-0.05, 0) is 23.6 Å². The topological polar surface area (TPSA) is 52.8 Å². The predicted octanol–water partition coefficient (Wildman–Crippen LogP) is 2.19. The standard InChI is InChI=1S/C14H10F2N4/c15-10-5-9-8-20(4-1-11(9)12(16)6-10)14-13(7-17)18-2-3-19-14/h2-3,5-6H,1,4,8H2. The zero-order valence-electron chi connectivity index (χ0n) is 10.5. The minimum absolute atomic E-state index is 0.216. The van der Waals surface area contributed by atoms with Crippen LogP contribution in [0.1, 0.15) is 16.8 Å². The van der Waals surface area contributed by atoms with Crippen LogP contribution >= 0.6 is 0 Å². The number of hydrogen-bond acceptors (Lipinski definition) is 4. The van der Waals surface area contributed by atoms with Crippen LogP contribution in [0.4, 0.5) is 14.6 Å². The first-order chi connectivity index (χ1) is 9.69. The molecule has 1 aliphatic heterocycles. The Morgan fingerprint density at radius 3 is 2.80 bits per heavy atom. The van der Waals surface area contributed by atoms with Gasteiger partial charge in [-0.1, -0.05) is 0 Å². The molecule has 0 bridgehead atoms. The Labute approximate surface area is 114 Å². The third-order valence-electron chi connectivity index (χ3n) is 3.33. The maximum Gasteiger partial charge on any atom is 0.183 e. The Bertz CT molecular complexity index is 709. The summed E-state index contributed by atoms with van der Waals surface area (Å²) in [5, 5.41) is 9.03. The van der Waals surface area contributed by atoms with Crippen molar-refractivity contribution in [3.8, 4) is 6.07 Å². The number of benzene rings is 1. The highest BCUT2D eigenvalue weighted by Gasteiger charge is 2.23. The molecule has 0 saturated carbocycles. The molecule has 100 valence electrons. The predicted molar refractivity (Wildman–Crippen MR) is 67.9 cm³/mol. The zero-order chi connectivity index (χ0) is 14.1. The van der Waals surface area contributed by atoms with Crippen LogP contribution in [0.5, 0.6) is 0 Å². The Morgan fingerprint density at radius 2 is 2.00 bits per heavy atom. The summed E-state index contributed by atoms with van der Waals surface area (Å²) in [5.74, 6) is -0.660. The van der Waals surface area contributed by atoms with Crippen molar-refractivity contribution >= 4 is 5.82 Å². The van der Waals surface area contributed by atoms with Crippen molar-refractivity contribution < 1.29 is 8.78 Å². The summed E-state index contributed by atoms with van der Waals surface area (Å²) in [6.45, 7) is 0.834. The number of nitrogens with zero attached hydrogens (tertiary/aromatic N) is 4. The smallest absolute Gasteiger partial charge is 0.183 e. The molecule has 1 aromatic carbocycles. The normalized spacial score (nSPS) is 13.8. The molecule has 0 unspecified atom stereocenters. The van der Waals surface area contributed by atoms with Gasteiger partial charge in [0.1, 0.15) is 17.7 Å². The van der Waals surface area contributed by atoms with E-state index >= 15 is 0 Å². The van der Waals surface area contributed by atoms with Crippen LogP contribution in [-0.2, 0) is 13.0 Å². The van der Waals surface area contributed by atoms with Crippen LogP contribution in [0.25, 0.3) is 0 Å². The van der Waals surface area contributed by atoms with E-state index in [9.17, 15) is 8.78 Å². The second kappa shape index (κ2) is 4.85. The van der Waals surface area contributed by atoms with Gasteiger partial charge in [-0.3, -0.25) is 0 Å². The maximum atomic E-state index is 13.7. The lowest BCUT2D eigenvalue weighted by molar-refractivity contribution is 0.555. The molecule has 0 amide bonds. The van der Waals surface area contributed by atoms with Crippen molar-refractivity contribution in [2.75, 3.05) is 11.4 Å². The molecule has 2 aromatic rings. The van der Waals surface area contributed by atoms with Crippen LogP contribution in [0.2, 0.25) is 0 Å². The molecular formula is C14H10F2N4. The molecule has 2 heterocycles. The quantitative estimate of drug-likeness (QED) is 0.798. The summed E-state index contributed by atoms with van der Waals surface area (Å²) in [6.07, 6.45) is 3.39. The number of aromatic nitrogens is 2. The zero-order valence-corrected chi connectivity index (χ0v) is 10.5. The van der Waals surface area contributed by atoms with Gasteiger partial charge >= 0.3 is 0 Å². The summed E-state index contributed by atoms with van der Waals surface area (Å²) in [7, 11) is 0. The fourth-order valence-corrected chi connectivity index (χ4v) is 2.43. The molecule has 3 rings (SSSR count). The van der Waals surface area contributed by atoms with Crippen LogP contribution in [0, 0.1) is 23.0 Å². The van der Waals surface area contributed by atoms with E-state index in [2.05, 4.69) is 9.97 Å². The largest absolute Gasteiger partial charge is 0.350 e. The van der Waals surface area contributed by atoms with Crippen molar-refractivity contribution in [2.45, 2.75) is 13.0 Å². The molecule has 0 radical (unpaired) electrons. The summed E-state index contributed by atoms with van der Waals surface area (Å²) < 4.78 is 27.0. The third kappa shape index (κ3) is 2.07. The molecule has 0 spiro atoms. The van der Waals surface area contributed by atoms with E-state index in [1.54, 1.807) is 0 Å². The molecule has 20 heavy (non-hydrogen) atoms. The first-order valence-electron chi connectivity index (χ1n) is 6.12. The van der Waals surface area contributed by atoms with E-state index in [0.29, 0.717) is 36.5 Å². The molecule has 0 fully saturated rings. The molecule has 0 atom stereocenters. The Balaban J connectivity index is 1.99. The molecular weight excluding hydrogens is 262 g/mol. The van der Waals surface area contributed by atoms with Gasteiger partial charge in [0.15, 0.2) is 11.5 Å². The third-order valence-corrected chi connectivity index (χ3v) is 3.33. The van der Waals surface area contributed by atoms with E-state index in [1.165, 1.54) is 18.5 Å². The lowest BCUT2D eigenvalue weighted by Crippen LogP contribution is -2.32. The second-order valence-corrected chi connectivity index (χ2v) is 4.54. The second-order valence-electron chi connectivity index (χ2n) is 4.54. The fraction of sp³-hybridized carbons (Fsp3) is 0.214. The van der Waals surface area contributed by atoms with Crippen LogP contribution < -0.4 is 4.90 Å². The maximum absolute atomic E-state index is 13.7. The molecule has 0 N–H and O–H groups in total. The first-order valence-corrected chi connectivity index (χ1v) is 6.12. The monoisotopic (exact) mass is 272 g/mol. The highest BCUT2D eigenvalue weighted by molar-refractivity contribution is 5.52. The van der Waals surface area contributed by atoms with Crippen molar-refractivity contribution in [2.24, 2.45) is 0 Å². The Hall–Kier alpha value is -2.55. The number of nitriles is 1. The summed E-state index contributed by atoms with van der Waals surface area (Å²) in [5.41, 5.74) is 1.33. The molecule has 1 aromatic heterocycles. The number of halogens is 2. The lowest BCUT2D eigenvalue weighted by Gasteiger charge is -2.30. The van der Waals surface area contributed by atoms with E-state index in [1.807, 2.05) is 11.0 Å². The number of anilines is 1. The van der Waals surface area contributed by atoms with Gasteiger partial charge in [-0.2, -0.15) is 5.26 Å². The van der Waals surface area contributed by atoms with Gasteiger partial charge in [-0.25, -0.2) is 18.7 Å². The molecule has 0 saturated heterocycles. The summed E-state index contributed by atoms with van der Waals surface area (Å²) in [4.78, 5) is 9.91. The lowest BCUT2D eigenvalue weighted by atomic mass is 9.99. The van der Waals surface area contributed by atoms with Gasteiger partial charge in [0.05, 0.1) is 0 Å².